The van der Waals surface area contributed by atoms with Crippen LogP contribution in [0, 0.1) is 5.41 Å². The number of amides is 1. The molecule has 11 heteroatoms. The zero-order valence-corrected chi connectivity index (χ0v) is 26.0. The molecule has 8 nitrogen and oxygen atoms in total. The zero-order chi connectivity index (χ0) is 30.4. The number of anilines is 2. The fraction of sp³-hybridized carbons (Fsp3) is 0.467. The highest BCUT2D eigenvalue weighted by Crippen LogP contribution is 2.62. The topological polar surface area (TPSA) is 111 Å². The predicted molar refractivity (Wildman–Crippen MR) is 165 cm³/mol. The minimum Gasteiger partial charge on any atom is -0.476 e. The Hall–Kier alpha value is -2.73. The number of hydrogen-bond acceptors (Lipinski definition) is 7. The third-order valence-corrected chi connectivity index (χ3v) is 10.1. The summed E-state index contributed by atoms with van der Waals surface area (Å²) in [6.07, 6.45) is 7.75. The van der Waals surface area contributed by atoms with Gasteiger partial charge in [0.25, 0.3) is 5.91 Å². The highest BCUT2D eigenvalue weighted by molar-refractivity contribution is 8.24. The van der Waals surface area contributed by atoms with Crippen molar-refractivity contribution in [2.24, 2.45) is 5.41 Å². The summed E-state index contributed by atoms with van der Waals surface area (Å²) in [4.78, 5) is 28.0. The summed E-state index contributed by atoms with van der Waals surface area (Å²) in [6, 6.07) is 10.6. The van der Waals surface area contributed by atoms with Crippen LogP contribution in [0.25, 0.3) is 0 Å². The average Bonchev–Trinajstić information content (AvgIpc) is 3.04. The third-order valence-electron chi connectivity index (χ3n) is 7.34. The Morgan fingerprint density at radius 3 is 2.24 bits per heavy atom. The molecule has 3 N–H and O–H groups in total. The number of ether oxygens (including phenoxy) is 1. The number of carboxylic acid groups (broad SMARTS) is 1. The molecule has 0 radical (unpaired) electrons. The number of thioether (sulfide) groups is 1. The summed E-state index contributed by atoms with van der Waals surface area (Å²) in [6.45, 7) is 4.78. The van der Waals surface area contributed by atoms with Gasteiger partial charge in [-0.2, -0.15) is 15.0 Å². The molecule has 0 aliphatic carbocycles. The summed E-state index contributed by atoms with van der Waals surface area (Å²) in [7, 11) is 0.0495. The molecular weight excluding hydrogens is 567 g/mol. The van der Waals surface area contributed by atoms with Crippen molar-refractivity contribution in [2.45, 2.75) is 62.2 Å². The third kappa shape index (κ3) is 7.77. The Bertz CT molecular complexity index is 1260. The van der Waals surface area contributed by atoms with Gasteiger partial charge in [0, 0.05) is 49.1 Å². The summed E-state index contributed by atoms with van der Waals surface area (Å²) >= 11 is 1.31. The van der Waals surface area contributed by atoms with Crippen LogP contribution in [0.2, 0.25) is 0 Å². The number of hydrogen-bond donors (Lipinski definition) is 3. The second-order valence-corrected chi connectivity index (χ2v) is 13.6. The van der Waals surface area contributed by atoms with Gasteiger partial charge in [-0.05, 0) is 49.4 Å². The van der Waals surface area contributed by atoms with Gasteiger partial charge in [0.1, 0.15) is 12.0 Å². The van der Waals surface area contributed by atoms with Crippen LogP contribution in [-0.2, 0) is 4.79 Å². The van der Waals surface area contributed by atoms with Crippen LogP contribution in [0.5, 0.6) is 5.75 Å². The molecule has 0 unspecified atom stereocenters. The van der Waals surface area contributed by atoms with E-state index in [1.54, 1.807) is 38.6 Å². The molecule has 0 atom stereocenters. The quantitative estimate of drug-likeness (QED) is 0.126. The van der Waals surface area contributed by atoms with Crippen molar-refractivity contribution < 1.29 is 32.9 Å². The summed E-state index contributed by atoms with van der Waals surface area (Å²) in [5.74, 6) is -3.04. The summed E-state index contributed by atoms with van der Waals surface area (Å²) in [5.41, 5.74) is 1.53. The first-order chi connectivity index (χ1) is 19.4. The van der Waals surface area contributed by atoms with Crippen LogP contribution < -0.4 is 9.64 Å². The van der Waals surface area contributed by atoms with Gasteiger partial charge in [0.05, 0.1) is 15.5 Å². The van der Waals surface area contributed by atoms with E-state index in [0.29, 0.717) is 29.0 Å². The maximum Gasteiger partial charge on any atom is 0.368 e. The molecule has 226 valence electrons. The van der Waals surface area contributed by atoms with Crippen molar-refractivity contribution in [3.63, 3.8) is 0 Å². The lowest BCUT2D eigenvalue weighted by Gasteiger charge is -2.42. The molecule has 2 aromatic carbocycles. The molecule has 0 bridgehead atoms. The number of benzene rings is 2. The maximum atomic E-state index is 13.8. The van der Waals surface area contributed by atoms with Gasteiger partial charge in [-0.1, -0.05) is 39.5 Å². The Morgan fingerprint density at radius 1 is 1.12 bits per heavy atom. The smallest absolute Gasteiger partial charge is 0.368 e. The SMILES string of the molecule is CCCCC1(CCCC)CN(c2ccc(C(=O)N(C)C)cc2)c2cc(SC)c(OC=C(F)C(=O)O)cc2S(O)(O)C1. The molecule has 0 aromatic heterocycles. The molecule has 1 aliphatic heterocycles. The van der Waals surface area contributed by atoms with E-state index in [1.807, 2.05) is 12.1 Å². The number of carboxylic acids is 1. The van der Waals surface area contributed by atoms with Gasteiger partial charge < -0.3 is 19.6 Å². The first-order valence-corrected chi connectivity index (χ1v) is 16.6. The largest absolute Gasteiger partial charge is 0.476 e. The average molecular weight is 609 g/mol. The number of unbranched alkanes of at least 4 members (excludes halogenated alkanes) is 2. The molecule has 1 aliphatic rings. The van der Waals surface area contributed by atoms with Crippen molar-refractivity contribution >= 4 is 45.6 Å². The van der Waals surface area contributed by atoms with Gasteiger partial charge in [-0.25, -0.2) is 4.79 Å². The van der Waals surface area contributed by atoms with E-state index in [2.05, 4.69) is 18.7 Å². The Morgan fingerprint density at radius 2 is 1.73 bits per heavy atom. The molecule has 0 spiro atoms. The molecule has 0 saturated heterocycles. The molecule has 1 amide bonds. The van der Waals surface area contributed by atoms with Crippen molar-refractivity contribution in [3.8, 4) is 5.75 Å². The Labute approximate surface area is 247 Å². The lowest BCUT2D eigenvalue weighted by molar-refractivity contribution is -0.134. The fourth-order valence-electron chi connectivity index (χ4n) is 5.20. The summed E-state index contributed by atoms with van der Waals surface area (Å²) < 4.78 is 42.7. The number of nitrogens with zero attached hydrogens (tertiary/aromatic N) is 2. The van der Waals surface area contributed by atoms with E-state index >= 15 is 0 Å². The highest BCUT2D eigenvalue weighted by Gasteiger charge is 2.42. The monoisotopic (exact) mass is 608 g/mol. The van der Waals surface area contributed by atoms with Crippen LogP contribution in [0.1, 0.15) is 62.7 Å². The molecular formula is C30H41FN2O6S2. The number of aliphatic carboxylic acids is 1. The van der Waals surface area contributed by atoms with Gasteiger partial charge >= 0.3 is 5.97 Å². The first-order valence-electron chi connectivity index (χ1n) is 13.7. The first kappa shape index (κ1) is 32.8. The van der Waals surface area contributed by atoms with E-state index in [0.717, 1.165) is 44.2 Å². The minimum absolute atomic E-state index is 0.115. The fourth-order valence-corrected chi connectivity index (χ4v) is 7.92. The molecule has 2 aromatic rings. The van der Waals surface area contributed by atoms with E-state index in [-0.39, 0.29) is 22.3 Å². The van der Waals surface area contributed by atoms with E-state index < -0.39 is 27.8 Å². The van der Waals surface area contributed by atoms with E-state index in [4.69, 9.17) is 9.84 Å². The minimum atomic E-state index is -3.35. The van der Waals surface area contributed by atoms with Crippen LogP contribution in [0.3, 0.4) is 0 Å². The number of rotatable bonds is 12. The second kappa shape index (κ2) is 14.0. The standard InChI is InChI=1S/C30H41FN2O6S2/c1-6-8-14-30(15-9-7-2)19-33(22-12-10-21(11-13-22)28(34)32(3)4)24-16-26(40-5)25(39-18-23(31)29(35)36)17-27(24)41(37,38)20-30/h10-13,16-18,37-38H,6-9,14-15,19-20H2,1-5H3,(H,35,36). The van der Waals surface area contributed by atoms with Gasteiger partial charge in [-0.15, -0.1) is 11.8 Å². The van der Waals surface area contributed by atoms with Gasteiger partial charge in [0.15, 0.2) is 0 Å². The van der Waals surface area contributed by atoms with Gasteiger partial charge in [-0.3, -0.25) is 13.9 Å². The van der Waals surface area contributed by atoms with Crippen molar-refractivity contribution in [1.29, 1.82) is 0 Å². The lowest BCUT2D eigenvalue weighted by Crippen LogP contribution is -2.38. The Balaban J connectivity index is 2.24. The lowest BCUT2D eigenvalue weighted by atomic mass is 9.79. The molecule has 0 fully saturated rings. The van der Waals surface area contributed by atoms with Crippen LogP contribution in [0.4, 0.5) is 15.8 Å². The van der Waals surface area contributed by atoms with Crippen LogP contribution in [-0.4, -0.2) is 63.6 Å². The van der Waals surface area contributed by atoms with Crippen LogP contribution in [0.15, 0.2) is 58.3 Å². The highest BCUT2D eigenvalue weighted by atomic mass is 32.3. The second-order valence-electron chi connectivity index (χ2n) is 10.7. The van der Waals surface area contributed by atoms with Crippen molar-refractivity contribution in [1.82, 2.24) is 4.90 Å². The van der Waals surface area contributed by atoms with Gasteiger partial charge in [0.2, 0.25) is 5.83 Å². The number of carbonyl (C=O) groups excluding carboxylic acids is 1. The number of halogens is 1. The molecule has 0 saturated carbocycles. The maximum absolute atomic E-state index is 13.8. The number of fused-ring (bicyclic) bond motifs is 1. The van der Waals surface area contributed by atoms with Crippen LogP contribution >= 0.6 is 22.4 Å². The summed E-state index contributed by atoms with van der Waals surface area (Å²) in [5, 5.41) is 8.91. The molecule has 1 heterocycles. The molecule has 3 rings (SSSR count). The van der Waals surface area contributed by atoms with E-state index in [1.165, 1.54) is 22.7 Å². The van der Waals surface area contributed by atoms with E-state index in [9.17, 15) is 23.1 Å². The van der Waals surface area contributed by atoms with Crippen molar-refractivity contribution in [2.75, 3.05) is 37.5 Å². The number of carbonyl (C=O) groups is 2. The van der Waals surface area contributed by atoms with Crippen molar-refractivity contribution in [3.05, 3.63) is 54.1 Å². The Kier molecular flexibility index (Phi) is 11.2. The molecule has 41 heavy (non-hydrogen) atoms. The normalized spacial score (nSPS) is 16.9. The predicted octanol–water partition coefficient (Wildman–Crippen LogP) is 8.01. The zero-order valence-electron chi connectivity index (χ0n) is 24.4.